The minimum atomic E-state index is -3.25. The van der Waals surface area contributed by atoms with Gasteiger partial charge in [-0.3, -0.25) is 4.79 Å². The van der Waals surface area contributed by atoms with Crippen LogP contribution in [0, 0.1) is 5.82 Å². The lowest BCUT2D eigenvalue weighted by atomic mass is 10.0. The van der Waals surface area contributed by atoms with Crippen molar-refractivity contribution >= 4 is 21.6 Å². The number of benzene rings is 2. The Labute approximate surface area is 152 Å². The van der Waals surface area contributed by atoms with E-state index < -0.39 is 15.8 Å². The smallest absolute Gasteiger partial charge is 0.255 e. The number of nitrogens with zero attached hydrogens (tertiary/aromatic N) is 1. The lowest BCUT2D eigenvalue weighted by molar-refractivity contribution is 0.102. The van der Waals surface area contributed by atoms with Gasteiger partial charge in [0.05, 0.1) is 5.75 Å². The molecule has 7 heteroatoms. The highest BCUT2D eigenvalue weighted by molar-refractivity contribution is 7.89. The molecule has 1 aliphatic heterocycles. The second-order valence-corrected chi connectivity index (χ2v) is 8.43. The summed E-state index contributed by atoms with van der Waals surface area (Å²) in [7, 11) is -3.25. The van der Waals surface area contributed by atoms with Crippen LogP contribution in [0.4, 0.5) is 10.1 Å². The number of anilines is 1. The Balaban J connectivity index is 1.76. The number of nitrogens with one attached hydrogen (secondary N) is 1. The number of hydrogen-bond donors (Lipinski definition) is 1. The van der Waals surface area contributed by atoms with Crippen molar-refractivity contribution in [1.82, 2.24) is 4.31 Å². The zero-order chi connectivity index (χ0) is 18.7. The molecule has 1 N–H and O–H groups in total. The molecule has 0 atom stereocenters. The number of sulfonamides is 1. The second-order valence-electron chi connectivity index (χ2n) is 6.34. The maximum Gasteiger partial charge on any atom is 0.255 e. The van der Waals surface area contributed by atoms with E-state index >= 15 is 0 Å². The topological polar surface area (TPSA) is 66.5 Å². The SMILES string of the molecule is CCCS(=O)(=O)N1CCc2ccc(NC(=O)c3ccc(F)cc3)cc2C1. The first-order valence-corrected chi connectivity index (χ1v) is 10.2. The number of carbonyl (C=O) groups excluding carboxylic acids is 1. The lowest BCUT2D eigenvalue weighted by Gasteiger charge is -2.28. The summed E-state index contributed by atoms with van der Waals surface area (Å²) in [5.74, 6) is -0.594. The number of rotatable bonds is 5. The van der Waals surface area contributed by atoms with Crippen molar-refractivity contribution in [3.8, 4) is 0 Å². The molecule has 1 aliphatic rings. The molecule has 0 saturated heterocycles. The van der Waals surface area contributed by atoms with Crippen molar-refractivity contribution in [2.45, 2.75) is 26.3 Å². The first-order valence-electron chi connectivity index (χ1n) is 8.55. The van der Waals surface area contributed by atoms with Crippen LogP contribution in [0.2, 0.25) is 0 Å². The van der Waals surface area contributed by atoms with E-state index in [0.29, 0.717) is 37.2 Å². The van der Waals surface area contributed by atoms with Gasteiger partial charge >= 0.3 is 0 Å². The Morgan fingerprint density at radius 2 is 1.88 bits per heavy atom. The normalized spacial score (nSPS) is 14.7. The highest BCUT2D eigenvalue weighted by atomic mass is 32.2. The van der Waals surface area contributed by atoms with Crippen LogP contribution in [-0.4, -0.2) is 30.9 Å². The Morgan fingerprint density at radius 3 is 2.58 bits per heavy atom. The molecule has 138 valence electrons. The molecule has 2 aromatic rings. The van der Waals surface area contributed by atoms with E-state index in [1.165, 1.54) is 28.6 Å². The van der Waals surface area contributed by atoms with E-state index in [1.54, 1.807) is 6.07 Å². The molecule has 0 aliphatic carbocycles. The van der Waals surface area contributed by atoms with Crippen LogP contribution in [0.25, 0.3) is 0 Å². The standard InChI is InChI=1S/C19H21FN2O3S/c1-2-11-26(24,25)22-10-9-14-5-8-18(12-16(14)13-22)21-19(23)15-3-6-17(20)7-4-15/h3-8,12H,2,9-11,13H2,1H3,(H,21,23). The molecule has 0 spiro atoms. The summed E-state index contributed by atoms with van der Waals surface area (Å²) in [5.41, 5.74) is 2.93. The van der Waals surface area contributed by atoms with Crippen LogP contribution in [0.5, 0.6) is 0 Å². The van der Waals surface area contributed by atoms with Gasteiger partial charge in [0.2, 0.25) is 10.0 Å². The monoisotopic (exact) mass is 376 g/mol. The van der Waals surface area contributed by atoms with Crippen LogP contribution >= 0.6 is 0 Å². The van der Waals surface area contributed by atoms with Crippen LogP contribution in [0.3, 0.4) is 0 Å². The first-order chi connectivity index (χ1) is 12.4. The molecule has 0 bridgehead atoms. The molecular formula is C19H21FN2O3S. The maximum atomic E-state index is 13.0. The van der Waals surface area contributed by atoms with Gasteiger partial charge in [0.25, 0.3) is 5.91 Å². The van der Waals surface area contributed by atoms with Gasteiger partial charge in [-0.1, -0.05) is 13.0 Å². The number of amides is 1. The lowest BCUT2D eigenvalue weighted by Crippen LogP contribution is -2.37. The quantitative estimate of drug-likeness (QED) is 0.872. The molecule has 0 saturated carbocycles. The van der Waals surface area contributed by atoms with Crippen LogP contribution < -0.4 is 5.32 Å². The van der Waals surface area contributed by atoms with Gasteiger partial charge in [0.15, 0.2) is 0 Å². The molecule has 3 rings (SSSR count). The summed E-state index contributed by atoms with van der Waals surface area (Å²) in [4.78, 5) is 12.3. The molecule has 0 unspecified atom stereocenters. The Hall–Kier alpha value is -2.25. The van der Waals surface area contributed by atoms with Crippen molar-refractivity contribution in [1.29, 1.82) is 0 Å². The van der Waals surface area contributed by atoms with Crippen molar-refractivity contribution in [2.75, 3.05) is 17.6 Å². The van der Waals surface area contributed by atoms with Crippen molar-refractivity contribution in [2.24, 2.45) is 0 Å². The molecule has 26 heavy (non-hydrogen) atoms. The van der Waals surface area contributed by atoms with E-state index in [4.69, 9.17) is 0 Å². The number of carbonyl (C=O) groups is 1. The third-order valence-corrected chi connectivity index (χ3v) is 6.43. The predicted octanol–water partition coefficient (Wildman–Crippen LogP) is 3.18. The van der Waals surface area contributed by atoms with Crippen molar-refractivity contribution in [3.05, 3.63) is 65.0 Å². The largest absolute Gasteiger partial charge is 0.322 e. The van der Waals surface area contributed by atoms with Crippen LogP contribution in [-0.2, 0) is 23.0 Å². The van der Waals surface area contributed by atoms with E-state index in [2.05, 4.69) is 5.32 Å². The van der Waals surface area contributed by atoms with Gasteiger partial charge in [-0.05, 0) is 60.4 Å². The number of halogens is 1. The molecule has 0 fully saturated rings. The van der Waals surface area contributed by atoms with Crippen molar-refractivity contribution < 1.29 is 17.6 Å². The Morgan fingerprint density at radius 1 is 1.15 bits per heavy atom. The van der Waals surface area contributed by atoms with Gasteiger partial charge in [0, 0.05) is 24.3 Å². The molecule has 0 aromatic heterocycles. The highest BCUT2D eigenvalue weighted by Gasteiger charge is 2.26. The van der Waals surface area contributed by atoms with Gasteiger partial charge in [-0.15, -0.1) is 0 Å². The summed E-state index contributed by atoms with van der Waals surface area (Å²) in [6.07, 6.45) is 1.24. The summed E-state index contributed by atoms with van der Waals surface area (Å²) in [5, 5.41) is 2.78. The highest BCUT2D eigenvalue weighted by Crippen LogP contribution is 2.25. The van der Waals surface area contributed by atoms with Gasteiger partial charge in [-0.2, -0.15) is 4.31 Å². The maximum absolute atomic E-state index is 13.0. The molecule has 5 nitrogen and oxygen atoms in total. The zero-order valence-electron chi connectivity index (χ0n) is 14.5. The molecular weight excluding hydrogens is 355 g/mol. The zero-order valence-corrected chi connectivity index (χ0v) is 15.4. The van der Waals surface area contributed by atoms with Crippen LogP contribution in [0.15, 0.2) is 42.5 Å². The molecule has 1 heterocycles. The fraction of sp³-hybridized carbons (Fsp3) is 0.316. The minimum Gasteiger partial charge on any atom is -0.322 e. The Kier molecular flexibility index (Phi) is 5.38. The predicted molar refractivity (Wildman–Crippen MR) is 99.0 cm³/mol. The van der Waals surface area contributed by atoms with Crippen LogP contribution in [0.1, 0.15) is 34.8 Å². The summed E-state index contributed by atoms with van der Waals surface area (Å²) in [6, 6.07) is 10.8. The third kappa shape index (κ3) is 4.11. The summed E-state index contributed by atoms with van der Waals surface area (Å²) >= 11 is 0. The van der Waals surface area contributed by atoms with Crippen molar-refractivity contribution in [3.63, 3.8) is 0 Å². The fourth-order valence-electron chi connectivity index (χ4n) is 3.04. The molecule has 1 amide bonds. The average Bonchev–Trinajstić information content (AvgIpc) is 2.61. The van der Waals surface area contributed by atoms with E-state index in [9.17, 15) is 17.6 Å². The minimum absolute atomic E-state index is 0.142. The molecule has 2 aromatic carbocycles. The summed E-state index contributed by atoms with van der Waals surface area (Å²) < 4.78 is 39.1. The number of hydrogen-bond acceptors (Lipinski definition) is 3. The van der Waals surface area contributed by atoms with E-state index in [1.807, 2.05) is 19.1 Å². The average molecular weight is 376 g/mol. The first kappa shape index (κ1) is 18.5. The van der Waals surface area contributed by atoms with Gasteiger partial charge in [0.1, 0.15) is 5.82 Å². The van der Waals surface area contributed by atoms with Gasteiger partial charge in [-0.25, -0.2) is 12.8 Å². The van der Waals surface area contributed by atoms with E-state index in [-0.39, 0.29) is 11.7 Å². The molecule has 0 radical (unpaired) electrons. The fourth-order valence-corrected chi connectivity index (χ4v) is 4.52. The van der Waals surface area contributed by atoms with Gasteiger partial charge < -0.3 is 5.32 Å². The summed E-state index contributed by atoms with van der Waals surface area (Å²) in [6.45, 7) is 2.65. The number of fused-ring (bicyclic) bond motifs is 1. The third-order valence-electron chi connectivity index (χ3n) is 4.40. The van der Waals surface area contributed by atoms with E-state index in [0.717, 1.165) is 11.1 Å². The Bertz CT molecular complexity index is 911. The second kappa shape index (κ2) is 7.55.